The first-order valence-corrected chi connectivity index (χ1v) is 7.30. The second kappa shape index (κ2) is 2.10. The fourth-order valence-corrected chi connectivity index (χ4v) is 4.81. The van der Waals surface area contributed by atoms with Crippen molar-refractivity contribution >= 4 is 0 Å². The minimum Gasteiger partial charge on any atom is -0.363 e. The zero-order valence-electron chi connectivity index (χ0n) is 10.0. The van der Waals surface area contributed by atoms with E-state index in [-0.39, 0.29) is 22.4 Å². The van der Waals surface area contributed by atoms with Crippen LogP contribution in [0.3, 0.4) is 0 Å². The average molecular weight is 234 g/mol. The lowest BCUT2D eigenvalue weighted by Crippen LogP contribution is -2.51. The highest BCUT2D eigenvalue weighted by Crippen LogP contribution is 2.75. The summed E-state index contributed by atoms with van der Waals surface area (Å²) in [5.41, 5.74) is 0.585. The van der Waals surface area contributed by atoms with Gasteiger partial charge in [-0.25, -0.2) is 0 Å². The monoisotopic (exact) mass is 234 g/mol. The van der Waals surface area contributed by atoms with Crippen LogP contribution in [-0.4, -0.2) is 34.6 Å². The second-order valence-electron chi connectivity index (χ2n) is 7.16. The Morgan fingerprint density at radius 2 is 1.18 bits per heavy atom. The van der Waals surface area contributed by atoms with Gasteiger partial charge in [-0.3, -0.25) is 0 Å². The Balaban J connectivity index is 1.32. The highest BCUT2D eigenvalue weighted by Gasteiger charge is 2.85. The van der Waals surface area contributed by atoms with E-state index in [2.05, 4.69) is 0 Å². The van der Waals surface area contributed by atoms with Gasteiger partial charge in [-0.1, -0.05) is 0 Å². The molecule has 0 aromatic rings. The van der Waals surface area contributed by atoms with E-state index in [0.717, 1.165) is 0 Å². The molecule has 4 unspecified atom stereocenters. The van der Waals surface area contributed by atoms with Crippen LogP contribution in [0.4, 0.5) is 0 Å². The number of hydrogen-bond donors (Lipinski definition) is 0. The van der Waals surface area contributed by atoms with E-state index in [0.29, 0.717) is 12.2 Å². The Morgan fingerprint density at radius 1 is 0.706 bits per heavy atom. The molecular formula is C14H18O3. The number of ether oxygens (including phenoxy) is 3. The van der Waals surface area contributed by atoms with E-state index in [1.54, 1.807) is 0 Å². The predicted octanol–water partition coefficient (Wildman–Crippen LogP) is 1.93. The minimum atomic E-state index is 0.118. The van der Waals surface area contributed by atoms with E-state index in [1.807, 2.05) is 0 Å². The first kappa shape index (κ1) is 8.89. The van der Waals surface area contributed by atoms with Crippen molar-refractivity contribution in [1.29, 1.82) is 0 Å². The molecular weight excluding hydrogens is 216 g/mol. The highest BCUT2D eigenvalue weighted by molar-refractivity contribution is 5.34. The van der Waals surface area contributed by atoms with Crippen LogP contribution in [0.1, 0.15) is 51.4 Å². The maximum absolute atomic E-state index is 6.69. The van der Waals surface area contributed by atoms with E-state index in [9.17, 15) is 0 Å². The van der Waals surface area contributed by atoms with E-state index >= 15 is 0 Å². The van der Waals surface area contributed by atoms with Crippen LogP contribution >= 0.6 is 0 Å². The van der Waals surface area contributed by atoms with Gasteiger partial charge in [0, 0.05) is 0 Å². The molecule has 0 bridgehead atoms. The van der Waals surface area contributed by atoms with E-state index in [4.69, 9.17) is 14.2 Å². The summed E-state index contributed by atoms with van der Waals surface area (Å²) in [4.78, 5) is 0. The molecule has 2 aliphatic heterocycles. The van der Waals surface area contributed by atoms with Gasteiger partial charge in [0.15, 0.2) is 0 Å². The SMILES string of the molecule is C1CC2(C3(OC4(C56CCC5O6)CC4)CC3)OC12. The zero-order chi connectivity index (χ0) is 10.9. The van der Waals surface area contributed by atoms with Crippen molar-refractivity contribution in [2.24, 2.45) is 0 Å². The van der Waals surface area contributed by atoms with Gasteiger partial charge in [-0.2, -0.15) is 0 Å². The summed E-state index contributed by atoms with van der Waals surface area (Å²) in [6, 6.07) is 0. The maximum Gasteiger partial charge on any atom is 0.124 e. The molecule has 3 nitrogen and oxygen atoms in total. The fraction of sp³-hybridized carbons (Fsp3) is 1.00. The minimum absolute atomic E-state index is 0.118. The summed E-state index contributed by atoms with van der Waals surface area (Å²) in [7, 11) is 0. The number of epoxide rings is 2. The molecule has 92 valence electrons. The Hall–Kier alpha value is -0.120. The van der Waals surface area contributed by atoms with Crippen LogP contribution in [0.2, 0.25) is 0 Å². The van der Waals surface area contributed by atoms with Crippen LogP contribution in [0, 0.1) is 0 Å². The summed E-state index contributed by atoms with van der Waals surface area (Å²) in [6.07, 6.45) is 11.0. The molecule has 0 spiro atoms. The Kier molecular flexibility index (Phi) is 1.10. The van der Waals surface area contributed by atoms with Crippen molar-refractivity contribution in [1.82, 2.24) is 0 Å². The molecule has 0 amide bonds. The number of hydrogen-bond acceptors (Lipinski definition) is 3. The molecule has 6 rings (SSSR count). The first-order valence-electron chi connectivity index (χ1n) is 7.30. The van der Waals surface area contributed by atoms with Crippen molar-refractivity contribution in [3.63, 3.8) is 0 Å². The standard InChI is InChI=1S/C14H18O3/c1-3-13(9(1)15-13)11(5-6-11)17-12(7-8-12)14-4-2-10(14)16-14/h9-10H,1-8H2. The molecule has 0 N–H and O–H groups in total. The van der Waals surface area contributed by atoms with Crippen LogP contribution in [-0.2, 0) is 14.2 Å². The molecule has 4 aliphatic carbocycles. The van der Waals surface area contributed by atoms with Crippen LogP contribution < -0.4 is 0 Å². The third-order valence-corrected chi connectivity index (χ3v) is 6.53. The second-order valence-corrected chi connectivity index (χ2v) is 7.16. The molecule has 0 aromatic heterocycles. The number of fused-ring (bicyclic) bond motifs is 2. The van der Waals surface area contributed by atoms with Crippen molar-refractivity contribution in [3.05, 3.63) is 0 Å². The van der Waals surface area contributed by atoms with E-state index < -0.39 is 0 Å². The lowest BCUT2D eigenvalue weighted by molar-refractivity contribution is -0.127. The van der Waals surface area contributed by atoms with E-state index in [1.165, 1.54) is 51.4 Å². The first-order chi connectivity index (χ1) is 8.25. The summed E-state index contributed by atoms with van der Waals surface area (Å²) in [5, 5.41) is 0. The highest BCUT2D eigenvalue weighted by atomic mass is 16.7. The van der Waals surface area contributed by atoms with Crippen LogP contribution in [0.25, 0.3) is 0 Å². The smallest absolute Gasteiger partial charge is 0.124 e. The van der Waals surface area contributed by atoms with Crippen molar-refractivity contribution < 1.29 is 14.2 Å². The molecule has 6 fully saturated rings. The molecule has 0 radical (unpaired) electrons. The Labute approximate surface area is 101 Å². The molecule has 2 saturated heterocycles. The average Bonchev–Trinajstić information content (AvgIpc) is 3.11. The molecule has 3 heteroatoms. The van der Waals surface area contributed by atoms with Gasteiger partial charge in [0.05, 0.1) is 12.2 Å². The summed E-state index contributed by atoms with van der Waals surface area (Å²) in [6.45, 7) is 0. The third-order valence-electron chi connectivity index (χ3n) is 6.53. The van der Waals surface area contributed by atoms with Crippen molar-refractivity contribution in [2.45, 2.75) is 86.0 Å². The van der Waals surface area contributed by atoms with Crippen LogP contribution in [0.15, 0.2) is 0 Å². The summed E-state index contributed by atoms with van der Waals surface area (Å²) in [5.74, 6) is 0. The molecule has 6 aliphatic rings. The number of rotatable bonds is 4. The van der Waals surface area contributed by atoms with Crippen LogP contribution in [0.5, 0.6) is 0 Å². The molecule has 4 saturated carbocycles. The van der Waals surface area contributed by atoms with Gasteiger partial charge in [0.25, 0.3) is 0 Å². The van der Waals surface area contributed by atoms with Gasteiger partial charge in [-0.15, -0.1) is 0 Å². The van der Waals surface area contributed by atoms with Gasteiger partial charge in [0.1, 0.15) is 22.4 Å². The largest absolute Gasteiger partial charge is 0.363 e. The zero-order valence-corrected chi connectivity index (χ0v) is 10.0. The van der Waals surface area contributed by atoms with Gasteiger partial charge in [0.2, 0.25) is 0 Å². The third kappa shape index (κ3) is 0.750. The molecule has 0 aromatic carbocycles. The summed E-state index contributed by atoms with van der Waals surface area (Å²) < 4.78 is 18.6. The lowest BCUT2D eigenvalue weighted by atomic mass is 9.76. The molecule has 4 atom stereocenters. The Morgan fingerprint density at radius 3 is 1.35 bits per heavy atom. The lowest BCUT2D eigenvalue weighted by Gasteiger charge is -2.37. The Bertz CT molecular complexity index is 391. The van der Waals surface area contributed by atoms with Gasteiger partial charge in [-0.05, 0) is 51.4 Å². The normalized spacial score (nSPS) is 61.4. The van der Waals surface area contributed by atoms with Gasteiger partial charge >= 0.3 is 0 Å². The maximum atomic E-state index is 6.69. The fourth-order valence-electron chi connectivity index (χ4n) is 4.81. The quantitative estimate of drug-likeness (QED) is 0.697. The molecule has 17 heavy (non-hydrogen) atoms. The van der Waals surface area contributed by atoms with Crippen molar-refractivity contribution in [3.8, 4) is 0 Å². The van der Waals surface area contributed by atoms with Crippen molar-refractivity contribution in [2.75, 3.05) is 0 Å². The summed E-state index contributed by atoms with van der Waals surface area (Å²) >= 11 is 0. The van der Waals surface area contributed by atoms with Gasteiger partial charge < -0.3 is 14.2 Å². The topological polar surface area (TPSA) is 34.3 Å². The molecule has 2 heterocycles. The predicted molar refractivity (Wildman–Crippen MR) is 58.7 cm³/mol.